The molecular weight excluding hydrogens is 232 g/mol. The molecule has 0 N–H and O–H groups in total. The van der Waals surface area contributed by atoms with Crippen molar-refractivity contribution in [2.75, 3.05) is 11.4 Å². The molecule has 2 aromatic carbocycles. The molecule has 0 amide bonds. The molecule has 0 aliphatic carbocycles. The molecule has 0 aromatic heterocycles. The van der Waals surface area contributed by atoms with E-state index in [1.54, 1.807) is 0 Å². The van der Waals surface area contributed by atoms with Crippen molar-refractivity contribution >= 4 is 11.4 Å². The molecule has 19 heavy (non-hydrogen) atoms. The average molecular weight is 248 g/mol. The van der Waals surface area contributed by atoms with Crippen LogP contribution in [0.3, 0.4) is 0 Å². The van der Waals surface area contributed by atoms with Gasteiger partial charge in [0.15, 0.2) is 0 Å². The van der Waals surface area contributed by atoms with Crippen LogP contribution >= 0.6 is 0 Å². The zero-order valence-electron chi connectivity index (χ0n) is 11.0. The molecule has 0 radical (unpaired) electrons. The van der Waals surface area contributed by atoms with Crippen molar-refractivity contribution < 1.29 is 0 Å². The van der Waals surface area contributed by atoms with Crippen LogP contribution in [0, 0.1) is 11.3 Å². The Labute approximate surface area is 113 Å². The summed E-state index contributed by atoms with van der Waals surface area (Å²) in [6.45, 7) is 3.06. The first-order valence-corrected chi connectivity index (χ1v) is 6.69. The zero-order valence-corrected chi connectivity index (χ0v) is 11.0. The molecule has 94 valence electrons. The fourth-order valence-corrected chi connectivity index (χ4v) is 2.89. The van der Waals surface area contributed by atoms with Crippen LogP contribution in [-0.2, 0) is 6.42 Å². The van der Waals surface area contributed by atoms with E-state index in [2.05, 4.69) is 54.3 Å². The van der Waals surface area contributed by atoms with E-state index >= 15 is 0 Å². The minimum atomic E-state index is -0.0612. The van der Waals surface area contributed by atoms with Crippen molar-refractivity contribution in [1.82, 2.24) is 0 Å². The number of fused-ring (bicyclic) bond motifs is 2. The van der Waals surface area contributed by atoms with Crippen LogP contribution in [0.25, 0.3) is 0 Å². The van der Waals surface area contributed by atoms with Crippen molar-refractivity contribution in [2.45, 2.75) is 19.3 Å². The summed E-state index contributed by atoms with van der Waals surface area (Å²) in [5, 5.41) is 9.48. The largest absolute Gasteiger partial charge is 0.341 e. The summed E-state index contributed by atoms with van der Waals surface area (Å²) in [5.41, 5.74) is 4.80. The molecule has 1 aliphatic heterocycles. The topological polar surface area (TPSA) is 27.0 Å². The highest BCUT2D eigenvalue weighted by Crippen LogP contribution is 2.40. The Morgan fingerprint density at radius 2 is 1.79 bits per heavy atom. The van der Waals surface area contributed by atoms with E-state index in [9.17, 15) is 5.26 Å². The van der Waals surface area contributed by atoms with Gasteiger partial charge < -0.3 is 4.90 Å². The van der Waals surface area contributed by atoms with Crippen LogP contribution in [-0.4, -0.2) is 6.54 Å². The van der Waals surface area contributed by atoms with Gasteiger partial charge in [-0.15, -0.1) is 0 Å². The van der Waals surface area contributed by atoms with E-state index in [4.69, 9.17) is 0 Å². The number of nitrogens with zero attached hydrogens (tertiary/aromatic N) is 2. The second-order valence-electron chi connectivity index (χ2n) is 4.82. The number of benzene rings is 2. The highest BCUT2D eigenvalue weighted by molar-refractivity contribution is 5.72. The number of para-hydroxylation sites is 2. The third-order valence-electron chi connectivity index (χ3n) is 3.78. The molecule has 0 spiro atoms. The van der Waals surface area contributed by atoms with Gasteiger partial charge in [0.25, 0.3) is 0 Å². The summed E-state index contributed by atoms with van der Waals surface area (Å²) >= 11 is 0. The van der Waals surface area contributed by atoms with Crippen LogP contribution in [0.15, 0.2) is 48.5 Å². The van der Waals surface area contributed by atoms with Crippen LogP contribution in [0.4, 0.5) is 11.4 Å². The molecule has 1 atom stereocenters. The van der Waals surface area contributed by atoms with Crippen LogP contribution in [0.5, 0.6) is 0 Å². The Kier molecular flexibility index (Phi) is 2.97. The predicted octanol–water partition coefficient (Wildman–Crippen LogP) is 4.01. The first-order valence-electron chi connectivity index (χ1n) is 6.69. The summed E-state index contributed by atoms with van der Waals surface area (Å²) in [7, 11) is 0. The lowest BCUT2D eigenvalue weighted by atomic mass is 9.93. The Balaban J connectivity index is 2.26. The summed E-state index contributed by atoms with van der Waals surface area (Å²) in [6.07, 6.45) is 0.792. The molecule has 0 saturated heterocycles. The average Bonchev–Trinajstić information content (AvgIpc) is 2.61. The molecule has 0 saturated carbocycles. The van der Waals surface area contributed by atoms with E-state index in [1.807, 2.05) is 12.1 Å². The number of nitriles is 1. The van der Waals surface area contributed by atoms with Crippen molar-refractivity contribution in [3.05, 3.63) is 59.7 Å². The van der Waals surface area contributed by atoms with Gasteiger partial charge in [-0.25, -0.2) is 0 Å². The highest BCUT2D eigenvalue weighted by atomic mass is 15.1. The third-order valence-corrected chi connectivity index (χ3v) is 3.78. The normalized spacial score (nSPS) is 17.1. The Bertz CT molecular complexity index is 640. The quantitative estimate of drug-likeness (QED) is 0.762. The second-order valence-corrected chi connectivity index (χ2v) is 4.82. The zero-order chi connectivity index (χ0) is 13.2. The van der Waals surface area contributed by atoms with Crippen LogP contribution in [0.2, 0.25) is 0 Å². The lowest BCUT2D eigenvalue weighted by Gasteiger charge is -2.25. The number of hydrogen-bond acceptors (Lipinski definition) is 2. The van der Waals surface area contributed by atoms with Gasteiger partial charge in [-0.2, -0.15) is 5.26 Å². The maximum Gasteiger partial charge on any atom is 0.0774 e. The van der Waals surface area contributed by atoms with Gasteiger partial charge in [-0.05, 0) is 36.6 Å². The second kappa shape index (κ2) is 4.78. The monoisotopic (exact) mass is 248 g/mol. The molecular formula is C17H16N2. The third kappa shape index (κ3) is 1.88. The van der Waals surface area contributed by atoms with E-state index in [-0.39, 0.29) is 5.92 Å². The maximum atomic E-state index is 9.48. The van der Waals surface area contributed by atoms with E-state index < -0.39 is 0 Å². The summed E-state index contributed by atoms with van der Waals surface area (Å²) < 4.78 is 0. The maximum absolute atomic E-state index is 9.48. The number of hydrogen-bond donors (Lipinski definition) is 0. The lowest BCUT2D eigenvalue weighted by Crippen LogP contribution is -2.17. The van der Waals surface area contributed by atoms with E-state index in [0.29, 0.717) is 0 Å². The molecule has 2 nitrogen and oxygen atoms in total. The van der Waals surface area contributed by atoms with Gasteiger partial charge in [0.2, 0.25) is 0 Å². The summed E-state index contributed by atoms with van der Waals surface area (Å²) in [5.74, 6) is -0.0612. The fourth-order valence-electron chi connectivity index (χ4n) is 2.89. The molecule has 1 heterocycles. The highest BCUT2D eigenvalue weighted by Gasteiger charge is 2.25. The predicted molar refractivity (Wildman–Crippen MR) is 77.6 cm³/mol. The van der Waals surface area contributed by atoms with Gasteiger partial charge in [0.1, 0.15) is 0 Å². The Morgan fingerprint density at radius 1 is 1.11 bits per heavy atom. The SMILES string of the molecule is CCN1c2ccccc2CC(C#N)c2ccccc21. The molecule has 0 bridgehead atoms. The van der Waals surface area contributed by atoms with Gasteiger partial charge >= 0.3 is 0 Å². The van der Waals surface area contributed by atoms with Crippen molar-refractivity contribution in [3.8, 4) is 6.07 Å². The van der Waals surface area contributed by atoms with Crippen LogP contribution in [0.1, 0.15) is 24.0 Å². The van der Waals surface area contributed by atoms with Crippen molar-refractivity contribution in [2.24, 2.45) is 0 Å². The minimum Gasteiger partial charge on any atom is -0.341 e. The van der Waals surface area contributed by atoms with Gasteiger partial charge in [-0.3, -0.25) is 0 Å². The van der Waals surface area contributed by atoms with Gasteiger partial charge in [-0.1, -0.05) is 36.4 Å². The molecule has 3 rings (SSSR count). The van der Waals surface area contributed by atoms with Gasteiger partial charge in [0, 0.05) is 17.9 Å². The molecule has 1 aliphatic rings. The lowest BCUT2D eigenvalue weighted by molar-refractivity contribution is 0.861. The van der Waals surface area contributed by atoms with Gasteiger partial charge in [0.05, 0.1) is 12.0 Å². The molecule has 2 aromatic rings. The Morgan fingerprint density at radius 3 is 2.53 bits per heavy atom. The molecule has 2 heteroatoms. The number of anilines is 2. The van der Waals surface area contributed by atoms with Crippen LogP contribution < -0.4 is 4.90 Å². The fraction of sp³-hybridized carbons (Fsp3) is 0.235. The summed E-state index contributed by atoms with van der Waals surface area (Å²) in [6, 6.07) is 19.1. The smallest absolute Gasteiger partial charge is 0.0774 e. The van der Waals surface area contributed by atoms with E-state index in [0.717, 1.165) is 18.5 Å². The Hall–Kier alpha value is -2.27. The molecule has 1 unspecified atom stereocenters. The summed E-state index contributed by atoms with van der Waals surface area (Å²) in [4.78, 5) is 2.31. The van der Waals surface area contributed by atoms with E-state index in [1.165, 1.54) is 16.9 Å². The standard InChI is InChI=1S/C17H16N2/c1-2-19-16-9-5-3-7-13(16)11-14(12-18)15-8-4-6-10-17(15)19/h3-10,14H,2,11H2,1H3. The first kappa shape index (κ1) is 11.8. The molecule has 0 fully saturated rings. The minimum absolute atomic E-state index is 0.0612. The number of rotatable bonds is 1. The van der Waals surface area contributed by atoms with Crippen molar-refractivity contribution in [3.63, 3.8) is 0 Å². The first-order chi connectivity index (χ1) is 9.35. The van der Waals surface area contributed by atoms with Crippen molar-refractivity contribution in [1.29, 1.82) is 5.26 Å².